The zero-order valence-corrected chi connectivity index (χ0v) is 12.3. The Bertz CT molecular complexity index is 291. The summed E-state index contributed by atoms with van der Waals surface area (Å²) < 4.78 is 0. The topological polar surface area (TPSA) is 0 Å². The normalized spacial score (nSPS) is 11.7. The van der Waals surface area contributed by atoms with Crippen molar-refractivity contribution in [3.63, 3.8) is 0 Å². The van der Waals surface area contributed by atoms with E-state index < -0.39 is 0 Å². The van der Waals surface area contributed by atoms with Crippen molar-refractivity contribution < 1.29 is 0 Å². The molecule has 0 amide bonds. The highest BCUT2D eigenvalue weighted by atomic mass is 14.3. The van der Waals surface area contributed by atoms with Crippen molar-refractivity contribution >= 4 is 0 Å². The zero-order valence-electron chi connectivity index (χ0n) is 12.3. The number of unbranched alkanes of at least 4 members (excludes halogenated alkanes) is 2. The van der Waals surface area contributed by atoms with Gasteiger partial charge >= 0.3 is 0 Å². The first kappa shape index (κ1) is 15.3. The minimum absolute atomic E-state index is 0.384. The lowest BCUT2D eigenvalue weighted by Crippen LogP contribution is -2.26. The lowest BCUT2D eigenvalue weighted by Gasteiger charge is -2.35. The quantitative estimate of drug-likeness (QED) is 0.506. The third kappa shape index (κ3) is 4.15. The first-order chi connectivity index (χ1) is 8.79. The van der Waals surface area contributed by atoms with Gasteiger partial charge < -0.3 is 0 Å². The molecule has 0 unspecified atom stereocenters. The van der Waals surface area contributed by atoms with E-state index in [2.05, 4.69) is 51.1 Å². The van der Waals surface area contributed by atoms with Crippen molar-refractivity contribution in [2.75, 3.05) is 0 Å². The molecular formula is C18H29. The second-order valence-electron chi connectivity index (χ2n) is 5.46. The molecule has 1 radical (unpaired) electrons. The predicted molar refractivity (Wildman–Crippen MR) is 81.8 cm³/mol. The molecule has 0 N–H and O–H groups in total. The van der Waals surface area contributed by atoms with E-state index in [0.29, 0.717) is 5.41 Å². The molecule has 18 heavy (non-hydrogen) atoms. The SMILES string of the molecule is [CH2]CCC(CCCC)(CCCC)c1ccccc1. The molecule has 0 fully saturated rings. The fraction of sp³-hybridized carbons (Fsp3) is 0.611. The number of hydrogen-bond acceptors (Lipinski definition) is 0. The molecule has 0 heterocycles. The summed E-state index contributed by atoms with van der Waals surface area (Å²) in [6, 6.07) is 11.1. The fourth-order valence-electron chi connectivity index (χ4n) is 2.97. The highest BCUT2D eigenvalue weighted by Gasteiger charge is 2.29. The summed E-state index contributed by atoms with van der Waals surface area (Å²) in [6.07, 6.45) is 10.2. The van der Waals surface area contributed by atoms with Crippen LogP contribution in [0.15, 0.2) is 30.3 Å². The Labute approximate surface area is 114 Å². The van der Waals surface area contributed by atoms with Gasteiger partial charge in [-0.2, -0.15) is 0 Å². The molecule has 0 bridgehead atoms. The Morgan fingerprint density at radius 2 is 1.44 bits per heavy atom. The summed E-state index contributed by atoms with van der Waals surface area (Å²) in [6.45, 7) is 8.70. The van der Waals surface area contributed by atoms with Gasteiger partial charge in [0.25, 0.3) is 0 Å². The van der Waals surface area contributed by atoms with Crippen LogP contribution in [0.25, 0.3) is 0 Å². The molecule has 0 saturated carbocycles. The van der Waals surface area contributed by atoms with E-state index in [1.54, 1.807) is 0 Å². The van der Waals surface area contributed by atoms with Gasteiger partial charge in [-0.1, -0.05) is 83.2 Å². The van der Waals surface area contributed by atoms with E-state index in [1.807, 2.05) is 0 Å². The van der Waals surface area contributed by atoms with Crippen molar-refractivity contribution in [1.29, 1.82) is 0 Å². The summed E-state index contributed by atoms with van der Waals surface area (Å²) in [5.41, 5.74) is 1.92. The third-order valence-electron chi connectivity index (χ3n) is 4.06. The van der Waals surface area contributed by atoms with Crippen LogP contribution >= 0.6 is 0 Å². The Balaban J connectivity index is 2.94. The van der Waals surface area contributed by atoms with Crippen LogP contribution in [0.5, 0.6) is 0 Å². The van der Waals surface area contributed by atoms with Crippen LogP contribution in [0.2, 0.25) is 0 Å². The van der Waals surface area contributed by atoms with Gasteiger partial charge in [-0.05, 0) is 30.2 Å². The van der Waals surface area contributed by atoms with Gasteiger partial charge in [0.05, 0.1) is 0 Å². The second kappa shape index (κ2) is 8.34. The molecule has 1 aromatic carbocycles. The van der Waals surface area contributed by atoms with E-state index in [-0.39, 0.29) is 0 Å². The van der Waals surface area contributed by atoms with Crippen molar-refractivity contribution in [2.24, 2.45) is 0 Å². The Kier molecular flexibility index (Phi) is 7.08. The van der Waals surface area contributed by atoms with Crippen molar-refractivity contribution in [3.05, 3.63) is 42.8 Å². The maximum atomic E-state index is 4.11. The molecule has 101 valence electrons. The number of benzene rings is 1. The van der Waals surface area contributed by atoms with Crippen LogP contribution in [-0.4, -0.2) is 0 Å². The average molecular weight is 245 g/mol. The molecule has 0 nitrogen and oxygen atoms in total. The Morgan fingerprint density at radius 1 is 0.889 bits per heavy atom. The summed E-state index contributed by atoms with van der Waals surface area (Å²) >= 11 is 0. The van der Waals surface area contributed by atoms with E-state index in [4.69, 9.17) is 0 Å². The van der Waals surface area contributed by atoms with Crippen LogP contribution in [0.4, 0.5) is 0 Å². The molecule has 0 heteroatoms. The van der Waals surface area contributed by atoms with Crippen LogP contribution in [0.1, 0.15) is 70.8 Å². The smallest absolute Gasteiger partial charge is 0.00470 e. The maximum absolute atomic E-state index is 4.11. The number of hydrogen-bond donors (Lipinski definition) is 0. The first-order valence-electron chi connectivity index (χ1n) is 7.64. The van der Waals surface area contributed by atoms with E-state index in [9.17, 15) is 0 Å². The van der Waals surface area contributed by atoms with Crippen LogP contribution in [0, 0.1) is 6.92 Å². The third-order valence-corrected chi connectivity index (χ3v) is 4.06. The Hall–Kier alpha value is -0.780. The van der Waals surface area contributed by atoms with Gasteiger partial charge in [-0.25, -0.2) is 0 Å². The number of rotatable bonds is 9. The molecule has 0 saturated heterocycles. The minimum atomic E-state index is 0.384. The summed E-state index contributed by atoms with van der Waals surface area (Å²) in [5, 5.41) is 0. The monoisotopic (exact) mass is 245 g/mol. The van der Waals surface area contributed by atoms with Gasteiger partial charge in [0.1, 0.15) is 0 Å². The molecule has 0 aromatic heterocycles. The van der Waals surface area contributed by atoms with Crippen LogP contribution in [0.3, 0.4) is 0 Å². The van der Waals surface area contributed by atoms with Gasteiger partial charge in [-0.15, -0.1) is 0 Å². The van der Waals surface area contributed by atoms with E-state index >= 15 is 0 Å². The van der Waals surface area contributed by atoms with Crippen LogP contribution < -0.4 is 0 Å². The standard InChI is InChI=1S/C18H29/c1-4-7-15-18(14-6-3,16-8-5-2)17-12-10-9-11-13-17/h9-13H,3-8,14-16H2,1-2H3. The van der Waals surface area contributed by atoms with Gasteiger partial charge in [0.15, 0.2) is 0 Å². The summed E-state index contributed by atoms with van der Waals surface area (Å²) in [5.74, 6) is 0. The molecular weight excluding hydrogens is 216 g/mol. The van der Waals surface area contributed by atoms with Gasteiger partial charge in [-0.3, -0.25) is 0 Å². The summed E-state index contributed by atoms with van der Waals surface area (Å²) in [4.78, 5) is 0. The average Bonchev–Trinajstić information content (AvgIpc) is 2.43. The predicted octanol–water partition coefficient (Wildman–Crippen LogP) is 5.92. The molecule has 1 aromatic rings. The molecule has 0 aliphatic heterocycles. The highest BCUT2D eigenvalue weighted by Crippen LogP contribution is 2.39. The van der Waals surface area contributed by atoms with Crippen molar-refractivity contribution in [2.45, 2.75) is 70.6 Å². The second-order valence-corrected chi connectivity index (χ2v) is 5.46. The minimum Gasteiger partial charge on any atom is -0.0654 e. The molecule has 0 atom stereocenters. The Morgan fingerprint density at radius 3 is 1.89 bits per heavy atom. The van der Waals surface area contributed by atoms with E-state index in [1.165, 1.54) is 50.5 Å². The van der Waals surface area contributed by atoms with Crippen molar-refractivity contribution in [1.82, 2.24) is 0 Å². The zero-order chi connectivity index (χ0) is 13.3. The molecule has 0 spiro atoms. The lowest BCUT2D eigenvalue weighted by molar-refractivity contribution is 0.319. The largest absolute Gasteiger partial charge is 0.0654 e. The van der Waals surface area contributed by atoms with Crippen molar-refractivity contribution in [3.8, 4) is 0 Å². The maximum Gasteiger partial charge on any atom is -0.00470 e. The first-order valence-corrected chi connectivity index (χ1v) is 7.64. The summed E-state index contributed by atoms with van der Waals surface area (Å²) in [7, 11) is 0. The van der Waals surface area contributed by atoms with E-state index in [0.717, 1.165) is 6.42 Å². The molecule has 0 aliphatic rings. The lowest BCUT2D eigenvalue weighted by atomic mass is 9.70. The van der Waals surface area contributed by atoms with Gasteiger partial charge in [0, 0.05) is 0 Å². The van der Waals surface area contributed by atoms with Crippen LogP contribution in [-0.2, 0) is 5.41 Å². The fourth-order valence-corrected chi connectivity index (χ4v) is 2.97. The molecule has 0 aliphatic carbocycles. The highest BCUT2D eigenvalue weighted by molar-refractivity contribution is 5.25. The molecule has 1 rings (SSSR count). The van der Waals surface area contributed by atoms with Gasteiger partial charge in [0.2, 0.25) is 0 Å².